The zero-order valence-electron chi connectivity index (χ0n) is 11.7. The summed E-state index contributed by atoms with van der Waals surface area (Å²) in [6.45, 7) is 5.21. The minimum atomic E-state index is 0.449. The maximum atomic E-state index is 10.0. The first-order chi connectivity index (χ1) is 9.24. The quantitative estimate of drug-likeness (QED) is 0.872. The molecule has 0 radical (unpaired) electrons. The largest absolute Gasteiger partial charge is 0.507 e. The van der Waals surface area contributed by atoms with Crippen LogP contribution in [0.5, 0.6) is 5.75 Å². The predicted octanol–water partition coefficient (Wildman–Crippen LogP) is 2.42. The third kappa shape index (κ3) is 3.10. The van der Waals surface area contributed by atoms with Gasteiger partial charge in [-0.05, 0) is 51.3 Å². The Kier molecular flexibility index (Phi) is 3.76. The molecule has 19 heavy (non-hydrogen) atoms. The molecule has 0 atom stereocenters. The van der Waals surface area contributed by atoms with E-state index in [9.17, 15) is 5.11 Å². The van der Waals surface area contributed by atoms with Crippen molar-refractivity contribution in [3.63, 3.8) is 0 Å². The fourth-order valence-electron chi connectivity index (χ4n) is 3.03. The lowest BCUT2D eigenvalue weighted by Crippen LogP contribution is -2.43. The Labute approximate surface area is 115 Å². The number of rotatable bonds is 4. The average Bonchev–Trinajstić information content (AvgIpc) is 3.26. The molecule has 2 aliphatic rings. The first-order valence-electron chi connectivity index (χ1n) is 7.49. The molecular weight excluding hydrogens is 236 g/mol. The number of phenolic OH excluding ortho intramolecular Hbond substituents is 1. The summed E-state index contributed by atoms with van der Waals surface area (Å²) >= 11 is 0. The molecular formula is C16H24N2O. The zero-order chi connectivity index (χ0) is 13.2. The summed E-state index contributed by atoms with van der Waals surface area (Å²) < 4.78 is 0. The van der Waals surface area contributed by atoms with Gasteiger partial charge in [-0.2, -0.15) is 0 Å². The number of phenols is 1. The minimum absolute atomic E-state index is 0.449. The molecule has 104 valence electrons. The van der Waals surface area contributed by atoms with E-state index in [2.05, 4.69) is 10.2 Å². The van der Waals surface area contributed by atoms with Gasteiger partial charge in [-0.3, -0.25) is 0 Å². The van der Waals surface area contributed by atoms with E-state index in [0.717, 1.165) is 23.7 Å². The number of hydrogen-bond donors (Lipinski definition) is 2. The Morgan fingerprint density at radius 1 is 1.21 bits per heavy atom. The number of piperidine rings is 1. The van der Waals surface area contributed by atoms with Gasteiger partial charge in [-0.15, -0.1) is 0 Å². The Balaban J connectivity index is 1.48. The van der Waals surface area contributed by atoms with Crippen molar-refractivity contribution in [3.8, 4) is 5.75 Å². The van der Waals surface area contributed by atoms with Gasteiger partial charge in [-0.25, -0.2) is 0 Å². The van der Waals surface area contributed by atoms with Crippen molar-refractivity contribution in [2.45, 2.75) is 51.2 Å². The van der Waals surface area contributed by atoms with Crippen LogP contribution < -0.4 is 5.32 Å². The summed E-state index contributed by atoms with van der Waals surface area (Å²) in [5, 5.41) is 13.6. The molecule has 1 aromatic rings. The standard InChI is InChI=1S/C16H24N2O/c1-12-3-2-4-13(16(12)19)11-17-14-7-9-18(10-8-14)15-5-6-15/h2-4,14-15,17,19H,5-11H2,1H3. The summed E-state index contributed by atoms with van der Waals surface area (Å²) in [5.41, 5.74) is 1.98. The topological polar surface area (TPSA) is 35.5 Å². The van der Waals surface area contributed by atoms with E-state index in [0.29, 0.717) is 11.8 Å². The van der Waals surface area contributed by atoms with Crippen LogP contribution in [0.3, 0.4) is 0 Å². The minimum Gasteiger partial charge on any atom is -0.507 e. The molecule has 3 nitrogen and oxygen atoms in total. The van der Waals surface area contributed by atoms with Crippen LogP contribution in [-0.4, -0.2) is 35.2 Å². The molecule has 0 spiro atoms. The number of nitrogens with zero attached hydrogens (tertiary/aromatic N) is 1. The van der Waals surface area contributed by atoms with Crippen molar-refractivity contribution in [2.24, 2.45) is 0 Å². The monoisotopic (exact) mass is 260 g/mol. The number of hydrogen-bond acceptors (Lipinski definition) is 3. The highest BCUT2D eigenvalue weighted by molar-refractivity contribution is 5.39. The van der Waals surface area contributed by atoms with Crippen LogP contribution in [0.1, 0.15) is 36.8 Å². The Hall–Kier alpha value is -1.06. The molecule has 0 unspecified atom stereocenters. The molecule has 0 aromatic heterocycles. The molecule has 0 amide bonds. The summed E-state index contributed by atoms with van der Waals surface area (Å²) in [4.78, 5) is 2.64. The summed E-state index contributed by atoms with van der Waals surface area (Å²) in [6.07, 6.45) is 5.30. The zero-order valence-corrected chi connectivity index (χ0v) is 11.7. The van der Waals surface area contributed by atoms with Crippen LogP contribution in [-0.2, 0) is 6.54 Å². The third-order valence-electron chi connectivity index (χ3n) is 4.50. The highest BCUT2D eigenvalue weighted by Crippen LogP contribution is 2.29. The van der Waals surface area contributed by atoms with Gasteiger partial charge in [0.15, 0.2) is 0 Å². The maximum Gasteiger partial charge on any atom is 0.122 e. The van der Waals surface area contributed by atoms with Gasteiger partial charge in [0.05, 0.1) is 0 Å². The number of nitrogens with one attached hydrogen (secondary N) is 1. The number of aryl methyl sites for hydroxylation is 1. The van der Waals surface area contributed by atoms with Crippen molar-refractivity contribution in [2.75, 3.05) is 13.1 Å². The van der Waals surface area contributed by atoms with E-state index < -0.39 is 0 Å². The average molecular weight is 260 g/mol. The molecule has 1 heterocycles. The van der Waals surface area contributed by atoms with Gasteiger partial charge in [0.2, 0.25) is 0 Å². The molecule has 0 bridgehead atoms. The van der Waals surface area contributed by atoms with Crippen molar-refractivity contribution in [1.82, 2.24) is 10.2 Å². The van der Waals surface area contributed by atoms with Gasteiger partial charge in [-0.1, -0.05) is 18.2 Å². The molecule has 1 saturated carbocycles. The van der Waals surface area contributed by atoms with E-state index >= 15 is 0 Å². The molecule has 1 aliphatic heterocycles. The second-order valence-corrected chi connectivity index (χ2v) is 6.00. The summed E-state index contributed by atoms with van der Waals surface area (Å²) in [7, 11) is 0. The SMILES string of the molecule is Cc1cccc(CNC2CCN(C3CC3)CC2)c1O. The van der Waals surface area contributed by atoms with Crippen LogP contribution >= 0.6 is 0 Å². The smallest absolute Gasteiger partial charge is 0.122 e. The van der Waals surface area contributed by atoms with E-state index in [1.165, 1.54) is 38.8 Å². The van der Waals surface area contributed by atoms with Gasteiger partial charge in [0.25, 0.3) is 0 Å². The Bertz CT molecular complexity index is 434. The van der Waals surface area contributed by atoms with Crippen LogP contribution in [0.25, 0.3) is 0 Å². The number of aromatic hydroxyl groups is 1. The molecule has 3 rings (SSSR count). The van der Waals surface area contributed by atoms with E-state index in [-0.39, 0.29) is 0 Å². The van der Waals surface area contributed by atoms with Gasteiger partial charge in [0, 0.05) is 24.2 Å². The molecule has 1 aromatic carbocycles. The van der Waals surface area contributed by atoms with Crippen LogP contribution in [0, 0.1) is 6.92 Å². The predicted molar refractivity (Wildman–Crippen MR) is 77.3 cm³/mol. The lowest BCUT2D eigenvalue weighted by atomic mass is 10.0. The van der Waals surface area contributed by atoms with Crippen LogP contribution in [0.4, 0.5) is 0 Å². The van der Waals surface area contributed by atoms with Crippen LogP contribution in [0.15, 0.2) is 18.2 Å². The van der Waals surface area contributed by atoms with Gasteiger partial charge < -0.3 is 15.3 Å². The fourth-order valence-corrected chi connectivity index (χ4v) is 3.03. The number of para-hydroxylation sites is 1. The van der Waals surface area contributed by atoms with E-state index in [4.69, 9.17) is 0 Å². The van der Waals surface area contributed by atoms with Crippen molar-refractivity contribution in [1.29, 1.82) is 0 Å². The highest BCUT2D eigenvalue weighted by Gasteiger charge is 2.31. The normalized spacial score (nSPS) is 21.7. The molecule has 1 saturated heterocycles. The van der Waals surface area contributed by atoms with Gasteiger partial charge >= 0.3 is 0 Å². The highest BCUT2D eigenvalue weighted by atomic mass is 16.3. The Morgan fingerprint density at radius 2 is 1.95 bits per heavy atom. The summed E-state index contributed by atoms with van der Waals surface area (Å²) in [5.74, 6) is 0.449. The van der Waals surface area contributed by atoms with Crippen molar-refractivity contribution < 1.29 is 5.11 Å². The van der Waals surface area contributed by atoms with Crippen LogP contribution in [0.2, 0.25) is 0 Å². The lowest BCUT2D eigenvalue weighted by molar-refractivity contribution is 0.189. The molecule has 1 aliphatic carbocycles. The molecule has 3 heteroatoms. The second-order valence-electron chi connectivity index (χ2n) is 6.00. The Morgan fingerprint density at radius 3 is 2.63 bits per heavy atom. The maximum absolute atomic E-state index is 10.0. The first-order valence-corrected chi connectivity index (χ1v) is 7.49. The van der Waals surface area contributed by atoms with Crippen molar-refractivity contribution in [3.05, 3.63) is 29.3 Å². The third-order valence-corrected chi connectivity index (χ3v) is 4.50. The summed E-state index contributed by atoms with van der Waals surface area (Å²) in [6, 6.07) is 7.49. The van der Waals surface area contributed by atoms with E-state index in [1.807, 2.05) is 25.1 Å². The molecule has 2 N–H and O–H groups in total. The van der Waals surface area contributed by atoms with E-state index in [1.54, 1.807) is 0 Å². The molecule has 2 fully saturated rings. The first kappa shape index (κ1) is 12.9. The number of benzene rings is 1. The second kappa shape index (κ2) is 5.51. The van der Waals surface area contributed by atoms with Crippen molar-refractivity contribution >= 4 is 0 Å². The van der Waals surface area contributed by atoms with Gasteiger partial charge in [0.1, 0.15) is 5.75 Å². The fraction of sp³-hybridized carbons (Fsp3) is 0.625. The lowest BCUT2D eigenvalue weighted by Gasteiger charge is -2.32. The number of likely N-dealkylation sites (tertiary alicyclic amines) is 1.